The monoisotopic (exact) mass is 240 g/mol. The predicted molar refractivity (Wildman–Crippen MR) is 66.4 cm³/mol. The average Bonchev–Trinajstić information content (AvgIpc) is 2.64. The number of thioether (sulfide) groups is 1. The van der Waals surface area contributed by atoms with Crippen LogP contribution in [0, 0.1) is 18.8 Å². The van der Waals surface area contributed by atoms with Crippen molar-refractivity contribution in [3.8, 4) is 0 Å². The molecule has 90 valence electrons. The van der Waals surface area contributed by atoms with Gasteiger partial charge in [0.2, 0.25) is 0 Å². The van der Waals surface area contributed by atoms with Crippen LogP contribution in [0.5, 0.6) is 0 Å². The fraction of sp³-hybridized carbons (Fsp3) is 0.750. The fourth-order valence-corrected chi connectivity index (χ4v) is 3.75. The summed E-state index contributed by atoms with van der Waals surface area (Å²) in [7, 11) is 0. The quantitative estimate of drug-likeness (QED) is 0.882. The maximum absolute atomic E-state index is 5.83. The third-order valence-corrected chi connectivity index (χ3v) is 4.61. The highest BCUT2D eigenvalue weighted by molar-refractivity contribution is 7.99. The maximum atomic E-state index is 5.83. The summed E-state index contributed by atoms with van der Waals surface area (Å²) in [5.74, 6) is 1.42. The lowest BCUT2D eigenvalue weighted by molar-refractivity contribution is 0.304. The number of hydrogen-bond donors (Lipinski definition) is 1. The van der Waals surface area contributed by atoms with Gasteiger partial charge in [0.25, 0.3) is 5.22 Å². The smallest absolute Gasteiger partial charge is 0.256 e. The van der Waals surface area contributed by atoms with Crippen LogP contribution in [0.25, 0.3) is 0 Å². The molecule has 1 aliphatic rings. The molecule has 3 atom stereocenters. The van der Waals surface area contributed by atoms with E-state index in [4.69, 9.17) is 10.2 Å². The highest BCUT2D eigenvalue weighted by atomic mass is 32.2. The zero-order valence-corrected chi connectivity index (χ0v) is 10.8. The van der Waals surface area contributed by atoms with Gasteiger partial charge in [-0.2, -0.15) is 0 Å². The van der Waals surface area contributed by atoms with Crippen molar-refractivity contribution in [2.24, 2.45) is 17.6 Å². The first-order valence-corrected chi connectivity index (χ1v) is 6.86. The van der Waals surface area contributed by atoms with Crippen LogP contribution in [0.2, 0.25) is 0 Å². The topological polar surface area (TPSA) is 52.0 Å². The summed E-state index contributed by atoms with van der Waals surface area (Å²) in [4.78, 5) is 4.35. The van der Waals surface area contributed by atoms with Crippen LogP contribution in [0.4, 0.5) is 0 Å². The summed E-state index contributed by atoms with van der Waals surface area (Å²) in [6, 6.07) is 0. The van der Waals surface area contributed by atoms with E-state index in [0.29, 0.717) is 11.2 Å². The summed E-state index contributed by atoms with van der Waals surface area (Å²) >= 11 is 1.76. The largest absolute Gasteiger partial charge is 0.440 e. The molecule has 0 aliphatic heterocycles. The van der Waals surface area contributed by atoms with Gasteiger partial charge in [-0.25, -0.2) is 4.98 Å². The number of aryl methyl sites for hydroxylation is 1. The molecule has 0 amide bonds. The van der Waals surface area contributed by atoms with E-state index < -0.39 is 0 Å². The van der Waals surface area contributed by atoms with Crippen LogP contribution in [0.15, 0.2) is 15.9 Å². The van der Waals surface area contributed by atoms with Crippen molar-refractivity contribution in [1.82, 2.24) is 4.98 Å². The van der Waals surface area contributed by atoms with E-state index in [0.717, 1.165) is 23.4 Å². The zero-order valence-electron chi connectivity index (χ0n) is 9.98. The molecule has 3 nitrogen and oxygen atoms in total. The minimum Gasteiger partial charge on any atom is -0.440 e. The molecule has 0 aromatic carbocycles. The Morgan fingerprint density at radius 2 is 2.38 bits per heavy atom. The normalized spacial score (nSPS) is 30.6. The van der Waals surface area contributed by atoms with Crippen molar-refractivity contribution in [3.05, 3.63) is 12.0 Å². The molecule has 0 bridgehead atoms. The van der Waals surface area contributed by atoms with E-state index in [1.54, 1.807) is 18.0 Å². The van der Waals surface area contributed by atoms with Gasteiger partial charge >= 0.3 is 0 Å². The van der Waals surface area contributed by atoms with E-state index in [2.05, 4.69) is 11.9 Å². The first-order chi connectivity index (χ1) is 7.69. The molecule has 1 aromatic heterocycles. The fourth-order valence-electron chi connectivity index (χ4n) is 2.32. The Balaban J connectivity index is 2.00. The molecule has 0 saturated heterocycles. The van der Waals surface area contributed by atoms with Crippen molar-refractivity contribution in [2.75, 3.05) is 6.54 Å². The minimum absolute atomic E-state index is 0.576. The Kier molecular flexibility index (Phi) is 3.92. The first-order valence-electron chi connectivity index (χ1n) is 5.98. The number of nitrogens with zero attached hydrogens (tertiary/aromatic N) is 1. The molecule has 1 heterocycles. The number of aromatic nitrogens is 1. The summed E-state index contributed by atoms with van der Waals surface area (Å²) in [6.45, 7) is 5.06. The lowest BCUT2D eigenvalue weighted by atomic mass is 9.82. The van der Waals surface area contributed by atoms with Crippen LogP contribution < -0.4 is 5.73 Å². The van der Waals surface area contributed by atoms with Gasteiger partial charge in [0, 0.05) is 5.25 Å². The van der Waals surface area contributed by atoms with Crippen LogP contribution in [0.3, 0.4) is 0 Å². The molecule has 3 unspecified atom stereocenters. The summed E-state index contributed by atoms with van der Waals surface area (Å²) in [5.41, 5.74) is 6.79. The minimum atomic E-state index is 0.576. The third kappa shape index (κ3) is 2.80. The van der Waals surface area contributed by atoms with Crippen LogP contribution >= 0.6 is 11.8 Å². The van der Waals surface area contributed by atoms with E-state index in [9.17, 15) is 0 Å². The predicted octanol–water partition coefficient (Wildman–Crippen LogP) is 2.84. The number of oxazole rings is 1. The Morgan fingerprint density at radius 3 is 3.00 bits per heavy atom. The van der Waals surface area contributed by atoms with E-state index in [-0.39, 0.29) is 0 Å². The van der Waals surface area contributed by atoms with E-state index in [1.807, 2.05) is 6.92 Å². The molecule has 2 rings (SSSR count). The van der Waals surface area contributed by atoms with Crippen LogP contribution in [-0.4, -0.2) is 16.8 Å². The molecule has 1 fully saturated rings. The van der Waals surface area contributed by atoms with Crippen molar-refractivity contribution in [3.63, 3.8) is 0 Å². The van der Waals surface area contributed by atoms with Crippen LogP contribution in [-0.2, 0) is 0 Å². The maximum Gasteiger partial charge on any atom is 0.256 e. The van der Waals surface area contributed by atoms with Crippen LogP contribution in [0.1, 0.15) is 31.9 Å². The molecular formula is C12H20N2OS. The third-order valence-electron chi connectivity index (χ3n) is 3.34. The summed E-state index contributed by atoms with van der Waals surface area (Å²) in [5, 5.41) is 1.38. The molecule has 1 aliphatic carbocycles. The first kappa shape index (κ1) is 12.0. The summed E-state index contributed by atoms with van der Waals surface area (Å²) in [6.07, 6.45) is 5.50. The lowest BCUT2D eigenvalue weighted by Gasteiger charge is -2.32. The number of rotatable bonds is 3. The van der Waals surface area contributed by atoms with Gasteiger partial charge < -0.3 is 10.2 Å². The molecule has 1 saturated carbocycles. The van der Waals surface area contributed by atoms with Crippen molar-refractivity contribution in [1.29, 1.82) is 0 Å². The SMILES string of the molecule is Cc1coc(SC2CC(C)CCC2CN)n1. The van der Waals surface area contributed by atoms with Gasteiger partial charge in [0.05, 0.1) is 5.69 Å². The Morgan fingerprint density at radius 1 is 1.56 bits per heavy atom. The van der Waals surface area contributed by atoms with Crippen molar-refractivity contribution in [2.45, 2.75) is 43.6 Å². The molecule has 2 N–H and O–H groups in total. The van der Waals surface area contributed by atoms with Gasteiger partial charge in [-0.3, -0.25) is 0 Å². The lowest BCUT2D eigenvalue weighted by Crippen LogP contribution is -2.31. The van der Waals surface area contributed by atoms with Gasteiger partial charge in [-0.15, -0.1) is 0 Å². The van der Waals surface area contributed by atoms with Crippen molar-refractivity contribution >= 4 is 11.8 Å². The molecular weight excluding hydrogens is 220 g/mol. The second-order valence-electron chi connectivity index (χ2n) is 4.83. The Labute approximate surface area is 101 Å². The summed E-state index contributed by atoms with van der Waals surface area (Å²) < 4.78 is 5.41. The average molecular weight is 240 g/mol. The van der Waals surface area contributed by atoms with Gasteiger partial charge in [0.15, 0.2) is 0 Å². The number of hydrogen-bond acceptors (Lipinski definition) is 4. The molecule has 0 spiro atoms. The molecule has 4 heteroatoms. The highest BCUT2D eigenvalue weighted by Crippen LogP contribution is 2.38. The second kappa shape index (κ2) is 5.23. The Hall–Kier alpha value is -0.480. The van der Waals surface area contributed by atoms with E-state index >= 15 is 0 Å². The zero-order chi connectivity index (χ0) is 11.5. The van der Waals surface area contributed by atoms with E-state index in [1.165, 1.54) is 19.3 Å². The standard InChI is InChI=1S/C12H20N2OS/c1-8-3-4-10(6-13)11(5-8)16-12-14-9(2)7-15-12/h7-8,10-11H,3-6,13H2,1-2H3. The molecule has 0 radical (unpaired) electrons. The van der Waals surface area contributed by atoms with Gasteiger partial charge in [0.1, 0.15) is 6.26 Å². The number of nitrogens with two attached hydrogens (primary N) is 1. The van der Waals surface area contributed by atoms with Crippen molar-refractivity contribution < 1.29 is 4.42 Å². The Bertz CT molecular complexity index is 340. The van der Waals surface area contributed by atoms with Gasteiger partial charge in [-0.05, 0) is 38.1 Å². The molecule has 16 heavy (non-hydrogen) atoms. The highest BCUT2D eigenvalue weighted by Gasteiger charge is 2.29. The second-order valence-corrected chi connectivity index (χ2v) is 6.02. The van der Waals surface area contributed by atoms with Gasteiger partial charge in [-0.1, -0.05) is 25.1 Å². The molecule has 1 aromatic rings.